The minimum atomic E-state index is -4.60. The zero-order valence-electron chi connectivity index (χ0n) is 45.4. The molecule has 4 atom stereocenters. The molecule has 0 saturated carbocycles. The normalized spacial score (nSPS) is 13.2. The number of rotatable bonds is 30. The maximum absolute atomic E-state index is 13.7. The molecule has 2 heterocycles. The van der Waals surface area contributed by atoms with E-state index in [1.807, 2.05) is 0 Å². The maximum atomic E-state index is 13.7. The fraction of sp³-hybridized carbons (Fsp3) is 0.547. The second-order valence-electron chi connectivity index (χ2n) is 19.9. The smallest absolute Gasteiger partial charge is 0.405 e. The Morgan fingerprint density at radius 1 is 0.762 bits per heavy atom. The number of benzene rings is 2. The summed E-state index contributed by atoms with van der Waals surface area (Å²) in [5.74, 6) is -7.65. The van der Waals surface area contributed by atoms with Crippen LogP contribution in [0.1, 0.15) is 103 Å². The number of carbonyl (C=O) groups excluding carboxylic acids is 9. The van der Waals surface area contributed by atoms with Crippen LogP contribution in [0.4, 0.5) is 18.9 Å². The molecule has 3 unspecified atom stereocenters. The summed E-state index contributed by atoms with van der Waals surface area (Å²) in [5, 5.41) is 39.9. The van der Waals surface area contributed by atoms with Crippen LogP contribution in [0.15, 0.2) is 48.5 Å². The lowest BCUT2D eigenvalue weighted by Crippen LogP contribution is -2.42. The number of fused-ring (bicyclic) bond motifs is 5. The zero-order valence-corrected chi connectivity index (χ0v) is 46.3. The van der Waals surface area contributed by atoms with Gasteiger partial charge in [-0.25, -0.2) is 9.48 Å². The topological polar surface area (TPSA) is 326 Å². The van der Waals surface area contributed by atoms with Gasteiger partial charge in [0.25, 0.3) is 0 Å². The molecule has 0 spiro atoms. The molecule has 80 heavy (non-hydrogen) atoms. The first kappa shape index (κ1) is 66.6. The summed E-state index contributed by atoms with van der Waals surface area (Å²) in [6, 6.07) is 12.9. The Hall–Kier alpha value is -7.67. The van der Waals surface area contributed by atoms with E-state index >= 15 is 0 Å². The van der Waals surface area contributed by atoms with Crippen LogP contribution in [0.5, 0.6) is 0 Å². The van der Waals surface area contributed by atoms with Crippen LogP contribution in [0.25, 0.3) is 22.5 Å². The van der Waals surface area contributed by atoms with Crippen LogP contribution >= 0.6 is 12.6 Å². The number of hydrogen-bond acceptors (Lipinski definition) is 14. The van der Waals surface area contributed by atoms with Gasteiger partial charge in [0.05, 0.1) is 28.6 Å². The molecule has 1 aliphatic heterocycles. The molecule has 2 aromatic carbocycles. The average Bonchev–Trinajstić information content (AvgIpc) is 3.80. The Morgan fingerprint density at radius 3 is 1.98 bits per heavy atom. The summed E-state index contributed by atoms with van der Waals surface area (Å²) in [5.41, 5.74) is 1.84. The number of nitrogens with one attached hydrogen (secondary N) is 5. The van der Waals surface area contributed by atoms with Crippen molar-refractivity contribution in [2.45, 2.75) is 128 Å². The third kappa shape index (κ3) is 21.5. The molecule has 7 amide bonds. The number of para-hydroxylation sites is 1. The van der Waals surface area contributed by atoms with Crippen molar-refractivity contribution in [3.8, 4) is 22.5 Å². The molecule has 0 radical (unpaired) electrons. The van der Waals surface area contributed by atoms with Gasteiger partial charge in [-0.2, -0.15) is 35.4 Å². The number of carboxylic acid groups (broad SMARTS) is 2. The minimum Gasteiger partial charge on any atom is -0.481 e. The molecule has 0 saturated heterocycles. The molecule has 23 nitrogen and oxygen atoms in total. The number of hydrogen-bond donors (Lipinski definition) is 8. The quantitative estimate of drug-likeness (QED) is 0.0347. The number of anilines is 1. The van der Waals surface area contributed by atoms with Crippen LogP contribution in [0.2, 0.25) is 0 Å². The summed E-state index contributed by atoms with van der Waals surface area (Å²) in [6.45, 7) is 3.58. The number of halogens is 3. The fourth-order valence-corrected chi connectivity index (χ4v) is 9.07. The lowest BCUT2D eigenvalue weighted by molar-refractivity contribution is -0.192. The Bertz CT molecular complexity index is 2680. The number of nitrogens with zero attached hydrogens (tertiary/aromatic N) is 5. The van der Waals surface area contributed by atoms with Crippen molar-refractivity contribution in [2.24, 2.45) is 17.3 Å². The van der Waals surface area contributed by atoms with E-state index in [2.05, 4.69) is 44.2 Å². The molecular formula is C53H71F3N10O13S. The standard InChI is InChI=1S/C52H71F3N10O11S.CO2/c1-6-40(66)60-37(49(73)74)19-12-15-25-57-46(70)33(26-34(48(72)63(4)5)28-51(2,3)50(75)76)27-39(77)47(71)58-24-14-7-13-23-56-42(68)30-65-45-35-17-9-8-16-32(35)29-64(38-20-11-10-18-36(38)44(45)61-62-65)43(69)22-21-41(67)59-31-52(53,54)55;2-1-3/h8-11,16-18,20,33-34,37,39,77H,6-7,12-15,19,21-31H2,1-5H3,(H,56,68)(H,57,70)(H,58,71)(H,59,67)(H,60,66)(H,73,74)(H,75,76);/t33?,34?,37-,39?;/m0./s1. The predicted octanol–water partition coefficient (Wildman–Crippen LogP) is 3.90. The number of thiol groups is 1. The molecule has 0 aliphatic carbocycles. The molecule has 7 N–H and O–H groups in total. The Labute approximate surface area is 466 Å². The summed E-state index contributed by atoms with van der Waals surface area (Å²) in [7, 11) is 3.05. The van der Waals surface area contributed by atoms with Crippen LogP contribution < -0.4 is 31.5 Å². The van der Waals surface area contributed by atoms with E-state index in [0.717, 1.165) is 0 Å². The van der Waals surface area contributed by atoms with Gasteiger partial charge in [-0.05, 0) is 83.3 Å². The monoisotopic (exact) mass is 1140 g/mol. The van der Waals surface area contributed by atoms with Gasteiger partial charge in [0.15, 0.2) is 0 Å². The number of aliphatic carboxylic acids is 2. The molecule has 27 heteroatoms. The summed E-state index contributed by atoms with van der Waals surface area (Å²) in [6.07, 6.45) is -2.77. The van der Waals surface area contributed by atoms with Gasteiger partial charge in [-0.15, -0.1) is 5.10 Å². The number of amides is 7. The lowest BCUT2D eigenvalue weighted by Gasteiger charge is -2.30. The van der Waals surface area contributed by atoms with Gasteiger partial charge in [0, 0.05) is 76.0 Å². The van der Waals surface area contributed by atoms with Crippen LogP contribution in [-0.4, -0.2) is 147 Å². The van der Waals surface area contributed by atoms with Gasteiger partial charge in [0.1, 0.15) is 24.8 Å². The first-order valence-corrected chi connectivity index (χ1v) is 26.5. The van der Waals surface area contributed by atoms with E-state index in [-0.39, 0.29) is 82.7 Å². The second-order valence-corrected chi connectivity index (χ2v) is 20.5. The number of carboxylic acids is 2. The van der Waals surface area contributed by atoms with Gasteiger partial charge < -0.3 is 46.6 Å². The van der Waals surface area contributed by atoms with Gasteiger partial charge in [0.2, 0.25) is 41.4 Å². The molecule has 0 bridgehead atoms. The van der Waals surface area contributed by atoms with Crippen molar-refractivity contribution in [3.05, 3.63) is 54.1 Å². The highest BCUT2D eigenvalue weighted by Gasteiger charge is 2.38. The minimum absolute atomic E-state index is 0.0407. The largest absolute Gasteiger partial charge is 0.481 e. The van der Waals surface area contributed by atoms with E-state index in [1.165, 1.54) is 42.4 Å². The van der Waals surface area contributed by atoms with E-state index in [9.17, 15) is 66.5 Å². The number of carbonyl (C=O) groups is 9. The highest BCUT2D eigenvalue weighted by molar-refractivity contribution is 7.81. The van der Waals surface area contributed by atoms with E-state index < -0.39 is 89.2 Å². The van der Waals surface area contributed by atoms with Crippen molar-refractivity contribution >= 4 is 77.8 Å². The lowest BCUT2D eigenvalue weighted by atomic mass is 9.77. The molecule has 3 aromatic rings. The molecule has 1 aliphatic rings. The first-order chi connectivity index (χ1) is 37.7. The summed E-state index contributed by atoms with van der Waals surface area (Å²) >= 11 is 4.54. The highest BCUT2D eigenvalue weighted by atomic mass is 32.1. The predicted molar refractivity (Wildman–Crippen MR) is 286 cm³/mol. The van der Waals surface area contributed by atoms with Crippen molar-refractivity contribution in [2.75, 3.05) is 45.2 Å². The molecule has 4 rings (SSSR count). The van der Waals surface area contributed by atoms with Crippen molar-refractivity contribution < 1.29 is 76.1 Å². The molecule has 438 valence electrons. The third-order valence-corrected chi connectivity index (χ3v) is 13.4. The Balaban J connectivity index is 0.00000547. The van der Waals surface area contributed by atoms with Gasteiger partial charge in [-0.3, -0.25) is 38.4 Å². The van der Waals surface area contributed by atoms with E-state index in [0.29, 0.717) is 72.4 Å². The second kappa shape index (κ2) is 32.4. The first-order valence-electron chi connectivity index (χ1n) is 26.0. The summed E-state index contributed by atoms with van der Waals surface area (Å²) in [4.78, 5) is 134. The SMILES string of the molecule is CCC(=O)N[C@@H](CCCCNC(=O)C(CC(S)C(=O)NCCCCCNC(=O)Cn1nnc2c1-c1ccccc1CN(C(=O)CCC(=O)NCC(F)(F)F)c1ccccc1-2)CC(CC(C)(C)C(=O)O)C(=O)N(C)C)C(=O)O.O=C=O. The number of unbranched alkanes of at least 4 members (excludes halogenated alkanes) is 3. The van der Waals surface area contributed by atoms with Crippen LogP contribution in [0.3, 0.4) is 0 Å². The molecule has 0 fully saturated rings. The van der Waals surface area contributed by atoms with Crippen molar-refractivity contribution in [3.63, 3.8) is 0 Å². The van der Waals surface area contributed by atoms with Crippen molar-refractivity contribution in [1.29, 1.82) is 0 Å². The fourth-order valence-electron chi connectivity index (χ4n) is 8.72. The average molecular weight is 1150 g/mol. The van der Waals surface area contributed by atoms with E-state index in [4.69, 9.17) is 9.59 Å². The van der Waals surface area contributed by atoms with Crippen LogP contribution in [0, 0.1) is 17.3 Å². The third-order valence-electron chi connectivity index (χ3n) is 13.0. The van der Waals surface area contributed by atoms with Crippen LogP contribution in [-0.2, 0) is 65.8 Å². The molecule has 1 aromatic heterocycles. The maximum Gasteiger partial charge on any atom is 0.405 e. The zero-order chi connectivity index (χ0) is 59.7. The van der Waals surface area contributed by atoms with E-state index in [1.54, 1.807) is 60.8 Å². The Morgan fingerprint density at radius 2 is 1.36 bits per heavy atom. The molecular weight excluding hydrogens is 1070 g/mol. The summed E-state index contributed by atoms with van der Waals surface area (Å²) < 4.78 is 39.4. The Kier molecular flexibility index (Phi) is 27.0. The van der Waals surface area contributed by atoms with Gasteiger partial charge >= 0.3 is 24.3 Å². The highest BCUT2D eigenvalue weighted by Crippen LogP contribution is 2.41. The number of alkyl halides is 3. The van der Waals surface area contributed by atoms with Crippen molar-refractivity contribution in [1.82, 2.24) is 46.5 Å². The number of aromatic nitrogens is 3. The van der Waals surface area contributed by atoms with Gasteiger partial charge in [-0.1, -0.05) is 54.6 Å².